The number of anilines is 1. The van der Waals surface area contributed by atoms with Crippen LogP contribution < -0.4 is 15.5 Å². The number of nitrogens with one attached hydrogen (secondary N) is 2. The van der Waals surface area contributed by atoms with E-state index >= 15 is 0 Å². The van der Waals surface area contributed by atoms with E-state index in [2.05, 4.69) is 44.7 Å². The van der Waals surface area contributed by atoms with Crippen molar-refractivity contribution in [3.8, 4) is 0 Å². The highest BCUT2D eigenvalue weighted by molar-refractivity contribution is 5.94. The van der Waals surface area contributed by atoms with E-state index < -0.39 is 0 Å². The molecular weight excluding hydrogens is 344 g/mol. The van der Waals surface area contributed by atoms with Crippen molar-refractivity contribution in [1.82, 2.24) is 15.5 Å². The summed E-state index contributed by atoms with van der Waals surface area (Å²) in [5.41, 5.74) is 1.73. The molecule has 1 aromatic heterocycles. The first kappa shape index (κ1) is 19.0. The second-order valence-corrected chi connectivity index (χ2v) is 6.53. The predicted molar refractivity (Wildman–Crippen MR) is 104 cm³/mol. The summed E-state index contributed by atoms with van der Waals surface area (Å²) < 4.78 is 4.86. The zero-order valence-corrected chi connectivity index (χ0v) is 15.4. The van der Waals surface area contributed by atoms with Gasteiger partial charge in [-0.2, -0.15) is 0 Å². The van der Waals surface area contributed by atoms with Gasteiger partial charge in [0.1, 0.15) is 6.26 Å². The minimum absolute atomic E-state index is 0.0505. The van der Waals surface area contributed by atoms with Crippen molar-refractivity contribution < 1.29 is 14.0 Å². The first-order valence-corrected chi connectivity index (χ1v) is 9.32. The average Bonchev–Trinajstić information content (AvgIpc) is 3.24. The number of rotatable bonds is 8. The number of hydrogen-bond donors (Lipinski definition) is 2. The molecule has 2 N–H and O–H groups in total. The number of furan rings is 1. The molecule has 2 aromatic rings. The van der Waals surface area contributed by atoms with Gasteiger partial charge in [0.2, 0.25) is 5.91 Å². The maximum Gasteiger partial charge on any atom is 0.254 e. The van der Waals surface area contributed by atoms with E-state index in [1.807, 2.05) is 6.07 Å². The van der Waals surface area contributed by atoms with Gasteiger partial charge in [0.25, 0.3) is 5.91 Å². The van der Waals surface area contributed by atoms with Gasteiger partial charge in [-0.05, 0) is 18.2 Å². The van der Waals surface area contributed by atoms with Crippen molar-refractivity contribution in [2.24, 2.45) is 0 Å². The second-order valence-electron chi connectivity index (χ2n) is 6.53. The lowest BCUT2D eigenvalue weighted by molar-refractivity contribution is -0.121. The molecule has 2 heterocycles. The van der Waals surface area contributed by atoms with Crippen molar-refractivity contribution >= 4 is 17.5 Å². The van der Waals surface area contributed by atoms with Crippen LogP contribution in [0.3, 0.4) is 0 Å². The Kier molecular flexibility index (Phi) is 6.87. The van der Waals surface area contributed by atoms with E-state index in [9.17, 15) is 9.59 Å². The van der Waals surface area contributed by atoms with Crippen LogP contribution in [0.5, 0.6) is 0 Å². The molecule has 7 nitrogen and oxygen atoms in total. The number of benzene rings is 1. The van der Waals surface area contributed by atoms with Crippen molar-refractivity contribution in [2.45, 2.75) is 6.42 Å². The smallest absolute Gasteiger partial charge is 0.254 e. The molecule has 0 bridgehead atoms. The Labute approximate surface area is 159 Å². The van der Waals surface area contributed by atoms with E-state index in [4.69, 9.17) is 4.42 Å². The summed E-state index contributed by atoms with van der Waals surface area (Å²) in [5.74, 6) is -0.279. The minimum Gasteiger partial charge on any atom is -0.472 e. The van der Waals surface area contributed by atoms with E-state index in [1.54, 1.807) is 6.07 Å². The molecule has 1 saturated heterocycles. The van der Waals surface area contributed by atoms with Crippen molar-refractivity contribution in [3.63, 3.8) is 0 Å². The molecule has 7 heteroatoms. The topological polar surface area (TPSA) is 77.8 Å². The maximum atomic E-state index is 11.9. The molecule has 0 radical (unpaired) electrons. The van der Waals surface area contributed by atoms with Crippen LogP contribution in [-0.2, 0) is 4.79 Å². The zero-order valence-electron chi connectivity index (χ0n) is 15.4. The standard InChI is InChI=1S/C20H26N4O3/c25-19(6-8-22-20(26)17-7-15-27-16-17)21-9-10-23-11-13-24(14-12-23)18-4-2-1-3-5-18/h1-5,7,15-16H,6,8-14H2,(H,21,25)(H,22,26). The Morgan fingerprint density at radius 1 is 0.963 bits per heavy atom. The summed E-state index contributed by atoms with van der Waals surface area (Å²) in [7, 11) is 0. The largest absolute Gasteiger partial charge is 0.472 e. The van der Waals surface area contributed by atoms with Gasteiger partial charge < -0.3 is 20.0 Å². The quantitative estimate of drug-likeness (QED) is 0.733. The van der Waals surface area contributed by atoms with Gasteiger partial charge in [-0.25, -0.2) is 0 Å². The highest BCUT2D eigenvalue weighted by atomic mass is 16.3. The molecule has 0 aliphatic carbocycles. The third-order valence-electron chi connectivity index (χ3n) is 4.66. The lowest BCUT2D eigenvalue weighted by atomic mass is 10.2. The normalized spacial score (nSPS) is 14.7. The Morgan fingerprint density at radius 2 is 1.74 bits per heavy atom. The van der Waals surface area contributed by atoms with Crippen LogP contribution in [0.1, 0.15) is 16.8 Å². The number of nitrogens with zero attached hydrogens (tertiary/aromatic N) is 2. The zero-order chi connectivity index (χ0) is 18.9. The number of piperazine rings is 1. The number of carbonyl (C=O) groups excluding carboxylic acids is 2. The van der Waals surface area contributed by atoms with Gasteiger partial charge in [0.05, 0.1) is 11.8 Å². The molecular formula is C20H26N4O3. The first-order chi connectivity index (χ1) is 13.2. The SMILES string of the molecule is O=C(CCNC(=O)c1ccoc1)NCCN1CCN(c2ccccc2)CC1. The van der Waals surface area contributed by atoms with Gasteiger partial charge in [-0.1, -0.05) is 18.2 Å². The summed E-state index contributed by atoms with van der Waals surface area (Å²) in [6.07, 6.45) is 3.10. The number of carbonyl (C=O) groups is 2. The molecule has 1 aromatic carbocycles. The van der Waals surface area contributed by atoms with Crippen molar-refractivity contribution in [1.29, 1.82) is 0 Å². The summed E-state index contributed by atoms with van der Waals surface area (Å²) in [4.78, 5) is 28.4. The van der Waals surface area contributed by atoms with Crippen LogP contribution >= 0.6 is 0 Å². The highest BCUT2D eigenvalue weighted by Crippen LogP contribution is 2.15. The van der Waals surface area contributed by atoms with Crippen LogP contribution in [0.2, 0.25) is 0 Å². The molecule has 0 unspecified atom stereocenters. The molecule has 2 amide bonds. The molecule has 0 atom stereocenters. The van der Waals surface area contributed by atoms with E-state index in [-0.39, 0.29) is 18.2 Å². The Balaban J connectivity index is 1.26. The molecule has 3 rings (SSSR count). The summed E-state index contributed by atoms with van der Waals surface area (Å²) in [6.45, 7) is 5.76. The molecule has 1 aliphatic heterocycles. The fraction of sp³-hybridized carbons (Fsp3) is 0.400. The van der Waals surface area contributed by atoms with Gasteiger partial charge in [-0.3, -0.25) is 14.5 Å². The van der Waals surface area contributed by atoms with Crippen molar-refractivity contribution in [3.05, 3.63) is 54.5 Å². The summed E-state index contributed by atoms with van der Waals surface area (Å²) in [6, 6.07) is 12.0. The lowest BCUT2D eigenvalue weighted by Gasteiger charge is -2.36. The van der Waals surface area contributed by atoms with Gasteiger partial charge >= 0.3 is 0 Å². The third-order valence-corrected chi connectivity index (χ3v) is 4.66. The van der Waals surface area contributed by atoms with Gasteiger partial charge in [0, 0.05) is 57.9 Å². The number of amides is 2. The Bertz CT molecular complexity index is 710. The predicted octanol–water partition coefficient (Wildman–Crippen LogP) is 1.34. The summed E-state index contributed by atoms with van der Waals surface area (Å²) in [5, 5.41) is 5.62. The second kappa shape index (κ2) is 9.78. The number of hydrogen-bond acceptors (Lipinski definition) is 5. The molecule has 1 aliphatic rings. The Hall–Kier alpha value is -2.80. The maximum absolute atomic E-state index is 11.9. The average molecular weight is 370 g/mol. The van der Waals surface area contributed by atoms with Gasteiger partial charge in [-0.15, -0.1) is 0 Å². The highest BCUT2D eigenvalue weighted by Gasteiger charge is 2.16. The van der Waals surface area contributed by atoms with Gasteiger partial charge in [0.15, 0.2) is 0 Å². The minimum atomic E-state index is -0.229. The third kappa shape index (κ3) is 5.86. The molecule has 144 valence electrons. The lowest BCUT2D eigenvalue weighted by Crippen LogP contribution is -2.48. The monoisotopic (exact) mass is 370 g/mol. The fourth-order valence-corrected chi connectivity index (χ4v) is 3.10. The van der Waals surface area contributed by atoms with E-state index in [0.717, 1.165) is 32.7 Å². The molecule has 0 saturated carbocycles. The molecule has 27 heavy (non-hydrogen) atoms. The van der Waals surface area contributed by atoms with Crippen LogP contribution in [-0.4, -0.2) is 62.5 Å². The first-order valence-electron chi connectivity index (χ1n) is 9.32. The van der Waals surface area contributed by atoms with Crippen LogP contribution in [0.4, 0.5) is 5.69 Å². The van der Waals surface area contributed by atoms with Crippen molar-refractivity contribution in [2.75, 3.05) is 50.7 Å². The summed E-state index contributed by atoms with van der Waals surface area (Å²) >= 11 is 0. The molecule has 1 fully saturated rings. The molecule has 0 spiro atoms. The van der Waals surface area contributed by atoms with E-state index in [0.29, 0.717) is 18.7 Å². The number of para-hydroxylation sites is 1. The Morgan fingerprint density at radius 3 is 2.44 bits per heavy atom. The van der Waals surface area contributed by atoms with E-state index in [1.165, 1.54) is 18.2 Å². The van der Waals surface area contributed by atoms with Crippen LogP contribution in [0, 0.1) is 0 Å². The fourth-order valence-electron chi connectivity index (χ4n) is 3.10. The van der Waals surface area contributed by atoms with Crippen LogP contribution in [0.25, 0.3) is 0 Å². The van der Waals surface area contributed by atoms with Crippen LogP contribution in [0.15, 0.2) is 53.3 Å².